The molecule has 0 aromatic carbocycles. The number of rotatable bonds is 4. The van der Waals surface area contributed by atoms with Crippen LogP contribution in [-0.4, -0.2) is 45.8 Å². The maximum Gasteiger partial charge on any atom is 0.164 e. The number of nitrogens with zero attached hydrogens (tertiary/aromatic N) is 4. The van der Waals surface area contributed by atoms with Gasteiger partial charge in [0, 0.05) is 19.6 Å². The zero-order chi connectivity index (χ0) is 11.4. The van der Waals surface area contributed by atoms with E-state index in [-0.39, 0.29) is 0 Å². The first-order valence-corrected chi connectivity index (χ1v) is 6.01. The highest BCUT2D eigenvalue weighted by molar-refractivity contribution is 4.82. The zero-order valence-corrected chi connectivity index (χ0v) is 10.2. The van der Waals surface area contributed by atoms with Gasteiger partial charge >= 0.3 is 0 Å². The van der Waals surface area contributed by atoms with E-state index >= 15 is 0 Å². The lowest BCUT2D eigenvalue weighted by Gasteiger charge is -2.32. The number of piperidine rings is 1. The van der Waals surface area contributed by atoms with Crippen LogP contribution in [0.15, 0.2) is 6.33 Å². The average Bonchev–Trinajstić information content (AvgIpc) is 2.67. The molecule has 1 aliphatic rings. The van der Waals surface area contributed by atoms with Crippen LogP contribution in [0.4, 0.5) is 0 Å². The van der Waals surface area contributed by atoms with Crippen LogP contribution in [0.3, 0.4) is 0 Å². The predicted molar refractivity (Wildman–Crippen MR) is 63.0 cm³/mol. The van der Waals surface area contributed by atoms with E-state index in [0.717, 1.165) is 18.9 Å². The molecule has 1 atom stereocenters. The summed E-state index contributed by atoms with van der Waals surface area (Å²) in [5.41, 5.74) is 0. The van der Waals surface area contributed by atoms with Gasteiger partial charge in [-0.3, -0.25) is 4.68 Å². The van der Waals surface area contributed by atoms with Crippen molar-refractivity contribution in [1.29, 1.82) is 0 Å². The van der Waals surface area contributed by atoms with Gasteiger partial charge in [0.25, 0.3) is 0 Å². The molecule has 0 aliphatic carbocycles. The molecule has 1 fully saturated rings. The van der Waals surface area contributed by atoms with Crippen LogP contribution in [0.1, 0.15) is 25.1 Å². The third-order valence-electron chi connectivity index (χ3n) is 3.23. The second kappa shape index (κ2) is 5.41. The predicted octanol–water partition coefficient (Wildman–Crippen LogP) is 0.389. The Balaban J connectivity index is 1.71. The second-order valence-electron chi connectivity index (χ2n) is 4.60. The Morgan fingerprint density at radius 2 is 2.31 bits per heavy atom. The van der Waals surface area contributed by atoms with E-state index in [2.05, 4.69) is 27.3 Å². The number of hydrogen-bond acceptors (Lipinski definition) is 4. The molecule has 1 aromatic rings. The molecule has 0 radical (unpaired) electrons. The van der Waals surface area contributed by atoms with Crippen molar-refractivity contribution in [3.05, 3.63) is 12.2 Å². The fourth-order valence-electron chi connectivity index (χ4n) is 2.22. The topological polar surface area (TPSA) is 46.0 Å². The van der Waals surface area contributed by atoms with Gasteiger partial charge in [0.05, 0.1) is 6.54 Å². The van der Waals surface area contributed by atoms with Crippen LogP contribution in [0.25, 0.3) is 0 Å². The van der Waals surface area contributed by atoms with Crippen LogP contribution in [0, 0.1) is 0 Å². The third kappa shape index (κ3) is 3.02. The van der Waals surface area contributed by atoms with Crippen molar-refractivity contribution in [2.45, 2.75) is 31.8 Å². The summed E-state index contributed by atoms with van der Waals surface area (Å²) < 4.78 is 1.74. The van der Waals surface area contributed by atoms with Crippen molar-refractivity contribution in [3.8, 4) is 0 Å². The SMILES string of the molecule is CN1CCCCC1CNCc1ncn(C)n1. The Morgan fingerprint density at radius 3 is 3.00 bits per heavy atom. The van der Waals surface area contributed by atoms with Crippen LogP contribution in [-0.2, 0) is 13.6 Å². The molecule has 0 spiro atoms. The minimum atomic E-state index is 0.678. The first-order valence-electron chi connectivity index (χ1n) is 6.01. The van der Waals surface area contributed by atoms with Crippen molar-refractivity contribution in [2.75, 3.05) is 20.1 Å². The van der Waals surface area contributed by atoms with E-state index in [1.807, 2.05) is 7.05 Å². The highest BCUT2D eigenvalue weighted by Gasteiger charge is 2.18. The van der Waals surface area contributed by atoms with Crippen LogP contribution < -0.4 is 5.32 Å². The molecule has 0 amide bonds. The van der Waals surface area contributed by atoms with Crippen LogP contribution in [0.5, 0.6) is 0 Å². The van der Waals surface area contributed by atoms with Crippen molar-refractivity contribution >= 4 is 0 Å². The highest BCUT2D eigenvalue weighted by atomic mass is 15.3. The van der Waals surface area contributed by atoms with E-state index in [9.17, 15) is 0 Å². The molecular formula is C11H21N5. The summed E-state index contributed by atoms with van der Waals surface area (Å²) in [6.45, 7) is 3.04. The van der Waals surface area contributed by atoms with Gasteiger partial charge in [0.2, 0.25) is 0 Å². The molecule has 1 unspecified atom stereocenters. The minimum absolute atomic E-state index is 0.678. The summed E-state index contributed by atoms with van der Waals surface area (Å²) >= 11 is 0. The lowest BCUT2D eigenvalue weighted by molar-refractivity contribution is 0.181. The number of nitrogens with one attached hydrogen (secondary N) is 1. The Kier molecular flexibility index (Phi) is 3.90. The smallest absolute Gasteiger partial charge is 0.164 e. The summed E-state index contributed by atoms with van der Waals surface area (Å²) in [6.07, 6.45) is 5.75. The van der Waals surface area contributed by atoms with E-state index in [1.165, 1.54) is 25.8 Å². The molecule has 1 aliphatic heterocycles. The summed E-state index contributed by atoms with van der Waals surface area (Å²) in [6, 6.07) is 0.678. The first kappa shape index (κ1) is 11.5. The van der Waals surface area contributed by atoms with Gasteiger partial charge in [0.1, 0.15) is 6.33 Å². The molecule has 90 valence electrons. The quantitative estimate of drug-likeness (QED) is 0.802. The molecule has 1 N–H and O–H groups in total. The molecule has 1 saturated heterocycles. The molecule has 5 nitrogen and oxygen atoms in total. The van der Waals surface area contributed by atoms with Gasteiger partial charge in [-0.25, -0.2) is 4.98 Å². The number of aryl methyl sites for hydroxylation is 1. The van der Waals surface area contributed by atoms with Gasteiger partial charge in [-0.2, -0.15) is 5.10 Å². The Labute approximate surface area is 96.8 Å². The lowest BCUT2D eigenvalue weighted by Crippen LogP contribution is -2.42. The van der Waals surface area contributed by atoms with E-state index in [0.29, 0.717) is 6.04 Å². The van der Waals surface area contributed by atoms with E-state index in [4.69, 9.17) is 0 Å². The average molecular weight is 223 g/mol. The summed E-state index contributed by atoms with van der Waals surface area (Å²) in [5.74, 6) is 0.876. The largest absolute Gasteiger partial charge is 0.308 e. The number of likely N-dealkylation sites (N-methyl/N-ethyl adjacent to an activating group) is 1. The number of likely N-dealkylation sites (tertiary alicyclic amines) is 1. The van der Waals surface area contributed by atoms with Crippen LogP contribution >= 0.6 is 0 Å². The molecule has 16 heavy (non-hydrogen) atoms. The summed E-state index contributed by atoms with van der Waals surface area (Å²) in [7, 11) is 4.11. The van der Waals surface area contributed by atoms with Gasteiger partial charge < -0.3 is 10.2 Å². The fraction of sp³-hybridized carbons (Fsp3) is 0.818. The lowest BCUT2D eigenvalue weighted by atomic mass is 10.0. The second-order valence-corrected chi connectivity index (χ2v) is 4.60. The van der Waals surface area contributed by atoms with Gasteiger partial charge in [0.15, 0.2) is 5.82 Å². The van der Waals surface area contributed by atoms with E-state index in [1.54, 1.807) is 11.0 Å². The highest BCUT2D eigenvalue weighted by Crippen LogP contribution is 2.13. The molecule has 2 rings (SSSR count). The van der Waals surface area contributed by atoms with Crippen molar-refractivity contribution in [2.24, 2.45) is 7.05 Å². The third-order valence-corrected chi connectivity index (χ3v) is 3.23. The molecule has 2 heterocycles. The molecule has 1 aromatic heterocycles. The van der Waals surface area contributed by atoms with Gasteiger partial charge in [-0.1, -0.05) is 6.42 Å². The first-order chi connectivity index (χ1) is 7.75. The molecule has 0 bridgehead atoms. The van der Waals surface area contributed by atoms with Crippen molar-refractivity contribution < 1.29 is 0 Å². The minimum Gasteiger partial charge on any atom is -0.308 e. The van der Waals surface area contributed by atoms with Crippen LogP contribution in [0.2, 0.25) is 0 Å². The molecule has 5 heteroatoms. The molecular weight excluding hydrogens is 202 g/mol. The maximum atomic E-state index is 4.24. The number of hydrogen-bond donors (Lipinski definition) is 1. The normalized spacial score (nSPS) is 22.5. The Bertz CT molecular complexity index is 322. The van der Waals surface area contributed by atoms with Gasteiger partial charge in [-0.05, 0) is 26.4 Å². The van der Waals surface area contributed by atoms with E-state index < -0.39 is 0 Å². The van der Waals surface area contributed by atoms with Gasteiger partial charge in [-0.15, -0.1) is 0 Å². The van der Waals surface area contributed by atoms with Crippen molar-refractivity contribution in [3.63, 3.8) is 0 Å². The Hall–Kier alpha value is -0.940. The van der Waals surface area contributed by atoms with Crippen molar-refractivity contribution in [1.82, 2.24) is 25.0 Å². The zero-order valence-electron chi connectivity index (χ0n) is 10.2. The maximum absolute atomic E-state index is 4.24. The Morgan fingerprint density at radius 1 is 1.44 bits per heavy atom. The standard InChI is InChI=1S/C11H21N5/c1-15-6-4-3-5-10(15)7-12-8-11-13-9-16(2)14-11/h9-10,12H,3-8H2,1-2H3. The fourth-order valence-corrected chi connectivity index (χ4v) is 2.22. The summed E-state index contributed by atoms with van der Waals surface area (Å²) in [5, 5.41) is 7.68. The monoisotopic (exact) mass is 223 g/mol. The molecule has 0 saturated carbocycles. The number of aromatic nitrogens is 3. The summed E-state index contributed by atoms with van der Waals surface area (Å²) in [4.78, 5) is 6.64.